The molecule has 15 rings (SSSR count). The predicted octanol–water partition coefficient (Wildman–Crippen LogP) is 29.4. The van der Waals surface area contributed by atoms with Crippen LogP contribution in [0.2, 0.25) is 19.6 Å². The highest BCUT2D eigenvalue weighted by atomic mass is 28.3. The molecule has 5 heteroatoms. The molecule has 0 radical (unpaired) electrons. The third-order valence-corrected chi connectivity index (χ3v) is 32.8. The van der Waals surface area contributed by atoms with E-state index in [4.69, 9.17) is 0 Å². The first-order valence-corrected chi connectivity index (χ1v) is 48.7. The van der Waals surface area contributed by atoms with Crippen LogP contribution in [0.25, 0.3) is 57.7 Å². The van der Waals surface area contributed by atoms with Crippen molar-refractivity contribution in [3.05, 3.63) is 522 Å². The number of benzene rings is 15. The summed E-state index contributed by atoms with van der Waals surface area (Å²) in [5, 5.41) is 7.15. The Bertz CT molecular complexity index is 5410. The number of hydrogen-bond donors (Lipinski definition) is 0. The lowest BCUT2D eigenvalue weighted by Gasteiger charge is -2.38. The van der Waals surface area contributed by atoms with Crippen LogP contribution < -0.4 is 25.4 Å². The fourth-order valence-corrected chi connectivity index (χ4v) is 24.3. The molecule has 15 aromatic rings. The minimum Gasteiger partial charge on any atom is -0.311 e. The van der Waals surface area contributed by atoms with Gasteiger partial charge in [0.25, 0.3) is 0 Å². The van der Waals surface area contributed by atoms with E-state index in [-0.39, 0.29) is 0 Å². The van der Waals surface area contributed by atoms with E-state index in [9.17, 15) is 0 Å². The van der Waals surface area contributed by atoms with Gasteiger partial charge in [-0.25, -0.2) is 0 Å². The van der Waals surface area contributed by atoms with E-state index in [1.165, 1.54) is 92.7 Å². The normalized spacial score (nSPS) is 12.7. The van der Waals surface area contributed by atoms with Gasteiger partial charge in [0.1, 0.15) is 8.07 Å². The van der Waals surface area contributed by atoms with E-state index in [0.717, 1.165) is 34.1 Å². The fraction of sp³-hybridized carbons (Fsp3) is 0.0619. The molecule has 0 aliphatic carbocycles. The van der Waals surface area contributed by atoms with Gasteiger partial charge in [0.05, 0.1) is 8.07 Å². The standard InChI is InChI=1S/C44H40Si.C42H38N2Si.C27H26Si/c1-33(37-25-29-41(30-26-37)39-17-9-5-10-18-39)35(3)45(43-21-13-7-14-22-43,44-23-15-8-16-24-44)36(4)34(2)38-27-31-42(32-28-38)40-19-11-6-12-20-40;1-45(2,33-31-35-23-27-41(28-24-35)43(37-15-7-3-8-16-37)38-17-9-4-10-18-38)34-32-36-25-29-42(30-26-36)44(39-19-11-5-12-20-39)40-21-13-6-14-22-40;1-28(27-21-9-4-10-22-27,23-13-11-19-25-15-5-2-6-16-25)24-14-12-20-26-17-7-3-8-18-26/h5-32H,1-4H3;3-34H,1-2H3;2-24H,1H3/b35-33-,36-34-;;. The van der Waals surface area contributed by atoms with Crippen LogP contribution in [0.3, 0.4) is 0 Å². The van der Waals surface area contributed by atoms with Crippen LogP contribution in [-0.4, -0.2) is 24.2 Å². The molecule has 0 aliphatic rings. The van der Waals surface area contributed by atoms with Gasteiger partial charge in [-0.3, -0.25) is 0 Å². The Hall–Kier alpha value is -13.5. The molecule has 0 bridgehead atoms. The molecule has 0 amide bonds. The van der Waals surface area contributed by atoms with Crippen molar-refractivity contribution in [1.82, 2.24) is 0 Å². The first kappa shape index (κ1) is 82.5. The number of para-hydroxylation sites is 4. The molecule has 0 aromatic heterocycles. The summed E-state index contributed by atoms with van der Waals surface area (Å²) >= 11 is 0. The Balaban J connectivity index is 0.000000158. The van der Waals surface area contributed by atoms with Crippen LogP contribution in [0, 0.1) is 0 Å². The molecule has 0 saturated carbocycles. The lowest BCUT2D eigenvalue weighted by Crippen LogP contribution is -2.61. The average Bonchev–Trinajstić information content (AvgIpc) is 0.734. The van der Waals surface area contributed by atoms with Crippen LogP contribution in [-0.2, 0) is 0 Å². The lowest BCUT2D eigenvalue weighted by atomic mass is 10.0. The second-order valence-corrected chi connectivity index (χ2v) is 42.7. The van der Waals surface area contributed by atoms with Gasteiger partial charge >= 0.3 is 0 Å². The van der Waals surface area contributed by atoms with Crippen molar-refractivity contribution in [2.24, 2.45) is 0 Å². The fourth-order valence-electron chi connectivity index (χ4n) is 15.1. The van der Waals surface area contributed by atoms with E-state index in [0.29, 0.717) is 0 Å². The third-order valence-electron chi connectivity index (χ3n) is 22.0. The van der Waals surface area contributed by atoms with E-state index in [1.54, 1.807) is 0 Å². The Labute approximate surface area is 705 Å². The molecule has 0 saturated heterocycles. The van der Waals surface area contributed by atoms with Gasteiger partial charge in [0.15, 0.2) is 8.07 Å². The van der Waals surface area contributed by atoms with Crippen LogP contribution in [0.1, 0.15) is 61.1 Å². The van der Waals surface area contributed by atoms with Crippen molar-refractivity contribution < 1.29 is 0 Å². The summed E-state index contributed by atoms with van der Waals surface area (Å²) in [5.41, 5.74) is 31.5. The molecule has 0 unspecified atom stereocenters. The highest BCUT2D eigenvalue weighted by Gasteiger charge is 2.43. The van der Waals surface area contributed by atoms with Crippen LogP contribution in [0.15, 0.2) is 488 Å². The molecule has 0 heterocycles. The Kier molecular flexibility index (Phi) is 28.8. The molecule has 118 heavy (non-hydrogen) atoms. The van der Waals surface area contributed by atoms with Gasteiger partial charge < -0.3 is 9.80 Å². The summed E-state index contributed by atoms with van der Waals surface area (Å²) in [6.45, 7) is 16.5. The minimum atomic E-state index is -2.64. The van der Waals surface area contributed by atoms with Crippen molar-refractivity contribution in [2.45, 2.75) is 47.3 Å². The van der Waals surface area contributed by atoms with Crippen molar-refractivity contribution in [3.63, 3.8) is 0 Å². The summed E-state index contributed by atoms with van der Waals surface area (Å²) in [6.07, 6.45) is 17.5. The van der Waals surface area contributed by atoms with Gasteiger partial charge in [-0.1, -0.05) is 465 Å². The first-order valence-electron chi connectivity index (χ1n) is 40.9. The molecule has 0 atom stereocenters. The quantitative estimate of drug-likeness (QED) is 0.0416. The number of allylic oxidation sites excluding steroid dienone is 8. The Morgan fingerprint density at radius 2 is 0.449 bits per heavy atom. The third kappa shape index (κ3) is 21.7. The van der Waals surface area contributed by atoms with E-state index in [1.807, 2.05) is 12.1 Å². The molecule has 0 aliphatic heterocycles. The molecule has 0 spiro atoms. The molecule has 2 nitrogen and oxygen atoms in total. The zero-order valence-electron chi connectivity index (χ0n) is 68.8. The number of rotatable bonds is 25. The Morgan fingerprint density at radius 3 is 0.746 bits per heavy atom. The van der Waals surface area contributed by atoms with E-state index in [2.05, 4.69) is 547 Å². The largest absolute Gasteiger partial charge is 0.311 e. The maximum Gasteiger partial charge on any atom is 0.171 e. The van der Waals surface area contributed by atoms with Gasteiger partial charge in [-0.05, 0) is 178 Å². The monoisotopic (exact) mass is 1570 g/mol. The molecular weight excluding hydrogens is 1470 g/mol. The second kappa shape index (κ2) is 41.2. The van der Waals surface area contributed by atoms with Gasteiger partial charge in [0.2, 0.25) is 0 Å². The second-order valence-electron chi connectivity index (χ2n) is 30.5. The van der Waals surface area contributed by atoms with E-state index < -0.39 is 24.2 Å². The smallest absolute Gasteiger partial charge is 0.171 e. The van der Waals surface area contributed by atoms with Gasteiger partial charge in [-0.2, -0.15) is 0 Å². The summed E-state index contributed by atoms with van der Waals surface area (Å²) in [4.78, 5) is 4.58. The highest BCUT2D eigenvalue weighted by Crippen LogP contribution is 2.39. The molecule has 0 N–H and O–H groups in total. The Morgan fingerprint density at radius 1 is 0.212 bits per heavy atom. The van der Waals surface area contributed by atoms with Gasteiger partial charge in [0, 0.05) is 34.1 Å². The van der Waals surface area contributed by atoms with Crippen molar-refractivity contribution in [2.75, 3.05) is 9.80 Å². The summed E-state index contributed by atoms with van der Waals surface area (Å²) in [5.74, 6) is 0. The topological polar surface area (TPSA) is 6.48 Å². The zero-order chi connectivity index (χ0) is 81.6. The number of hydrogen-bond acceptors (Lipinski definition) is 2. The molecular formula is C113H104N2Si3. The predicted molar refractivity (Wildman–Crippen MR) is 523 cm³/mol. The van der Waals surface area contributed by atoms with Crippen LogP contribution in [0.4, 0.5) is 34.1 Å². The number of anilines is 6. The lowest BCUT2D eigenvalue weighted by molar-refractivity contribution is 1.28. The average molecular weight is 1570 g/mol. The summed E-state index contributed by atoms with van der Waals surface area (Å²) < 4.78 is 0. The first-order chi connectivity index (χ1) is 57.8. The van der Waals surface area contributed by atoms with Crippen LogP contribution >= 0.6 is 0 Å². The van der Waals surface area contributed by atoms with E-state index >= 15 is 0 Å². The van der Waals surface area contributed by atoms with Crippen molar-refractivity contribution in [1.29, 1.82) is 0 Å². The maximum absolute atomic E-state index is 2.64. The molecule has 578 valence electrons. The van der Waals surface area contributed by atoms with Crippen molar-refractivity contribution >= 4 is 109 Å². The summed E-state index contributed by atoms with van der Waals surface area (Å²) in [6, 6.07) is 153. The minimum absolute atomic E-state index is 1.14. The number of nitrogens with zero attached hydrogens (tertiary/aromatic N) is 2. The highest BCUT2D eigenvalue weighted by molar-refractivity contribution is 7.13. The van der Waals surface area contributed by atoms with Crippen molar-refractivity contribution in [3.8, 4) is 22.3 Å². The maximum atomic E-state index is 2.41. The zero-order valence-corrected chi connectivity index (χ0v) is 71.8. The molecule has 15 aromatic carbocycles. The van der Waals surface area contributed by atoms with Gasteiger partial charge in [-0.15, -0.1) is 0 Å². The summed E-state index contributed by atoms with van der Waals surface area (Å²) in [7, 11) is -6.24. The molecule has 0 fully saturated rings. The van der Waals surface area contributed by atoms with Crippen LogP contribution in [0.5, 0.6) is 0 Å². The SMILES string of the molecule is C/C(=C(\C)[Si](/C(C)=C(/C)c1ccc(-c2ccccc2)cc1)(c1ccccc1)c1ccccc1)c1ccc(-c2ccccc2)cc1.C[Si](C)(C=Cc1ccc(N(c2ccccc2)c2ccccc2)cc1)C=Cc1ccc(N(c2ccccc2)c2ccccc2)cc1.C[Si](C=CC=Cc1ccccc1)(C=CC=Cc1ccccc1)c1ccccc1.